The number of rotatable bonds is 8. The second kappa shape index (κ2) is 10.7. The van der Waals surface area contributed by atoms with E-state index in [1.807, 2.05) is 13.8 Å². The maximum Gasteiger partial charge on any atom is 0.407 e. The van der Waals surface area contributed by atoms with Crippen LogP contribution in [0.3, 0.4) is 0 Å². The van der Waals surface area contributed by atoms with Gasteiger partial charge in [-0.2, -0.15) is 0 Å². The maximum atomic E-state index is 13.2. The normalized spacial score (nSPS) is 20.5. The first-order valence-electron chi connectivity index (χ1n) is 12.2. The summed E-state index contributed by atoms with van der Waals surface area (Å²) in [6.07, 6.45) is 5.92. The Kier molecular flexibility index (Phi) is 7.80. The molecule has 0 aliphatic heterocycles. The molecule has 2 fully saturated rings. The summed E-state index contributed by atoms with van der Waals surface area (Å²) < 4.78 is 36.7. The largest absolute Gasteiger partial charge is 0.462 e. The van der Waals surface area contributed by atoms with Gasteiger partial charge in [0.1, 0.15) is 0 Å². The SMILES string of the molecule is CCOC(=O)c1ccc(-c2cnc([C@H]3CC[C@H](NC(=O)OC(C)C)CC3)s2)c(S(=O)(=O)C2CC2)c1. The first kappa shape index (κ1) is 25.6. The van der Waals surface area contributed by atoms with Crippen LogP contribution in [0.4, 0.5) is 4.79 Å². The van der Waals surface area contributed by atoms with Crippen molar-refractivity contribution in [2.24, 2.45) is 0 Å². The van der Waals surface area contributed by atoms with Crippen LogP contribution in [0.2, 0.25) is 0 Å². The lowest BCUT2D eigenvalue weighted by Gasteiger charge is -2.28. The molecule has 10 heteroatoms. The van der Waals surface area contributed by atoms with Gasteiger partial charge in [0.15, 0.2) is 9.84 Å². The van der Waals surface area contributed by atoms with E-state index in [0.717, 1.165) is 35.6 Å². The van der Waals surface area contributed by atoms with E-state index in [0.29, 0.717) is 18.4 Å². The number of carbonyl (C=O) groups is 2. The summed E-state index contributed by atoms with van der Waals surface area (Å²) in [5.41, 5.74) is 0.821. The highest BCUT2D eigenvalue weighted by molar-refractivity contribution is 7.92. The molecule has 2 saturated carbocycles. The van der Waals surface area contributed by atoms with Crippen molar-refractivity contribution in [2.75, 3.05) is 6.61 Å². The Labute approximate surface area is 210 Å². The average molecular weight is 521 g/mol. The minimum Gasteiger partial charge on any atom is -0.462 e. The number of alkyl carbamates (subject to hydrolysis) is 1. The molecule has 1 aromatic carbocycles. The average Bonchev–Trinajstić information content (AvgIpc) is 3.57. The Morgan fingerprint density at radius 2 is 1.86 bits per heavy atom. The van der Waals surface area contributed by atoms with Crippen LogP contribution < -0.4 is 5.32 Å². The molecule has 35 heavy (non-hydrogen) atoms. The van der Waals surface area contributed by atoms with Gasteiger partial charge in [-0.15, -0.1) is 11.3 Å². The topological polar surface area (TPSA) is 112 Å². The number of thiazole rings is 1. The third-order valence-corrected chi connectivity index (χ3v) is 9.79. The molecule has 0 atom stereocenters. The standard InChI is InChI=1S/C25H32N2O6S2/c1-4-32-24(28)17-7-12-20(22(13-17)35(30,31)19-10-11-19)21-14-26-23(34-21)16-5-8-18(9-6-16)27-25(29)33-15(2)3/h7,12-16,18-19H,4-6,8-11H2,1-3H3,(H,27,29)/t16-,18-. The molecule has 4 rings (SSSR count). The lowest BCUT2D eigenvalue weighted by molar-refractivity contribution is 0.0526. The summed E-state index contributed by atoms with van der Waals surface area (Å²) in [6.45, 7) is 5.58. The molecule has 1 aromatic heterocycles. The van der Waals surface area contributed by atoms with E-state index in [2.05, 4.69) is 10.3 Å². The second-order valence-corrected chi connectivity index (χ2v) is 12.6. The highest BCUT2D eigenvalue weighted by Crippen LogP contribution is 2.42. The molecule has 8 nitrogen and oxygen atoms in total. The van der Waals surface area contributed by atoms with Crippen molar-refractivity contribution in [2.45, 2.75) is 87.5 Å². The monoisotopic (exact) mass is 520 g/mol. The van der Waals surface area contributed by atoms with Crippen molar-refractivity contribution in [1.29, 1.82) is 0 Å². The summed E-state index contributed by atoms with van der Waals surface area (Å²) in [5.74, 6) is -0.269. The van der Waals surface area contributed by atoms with Crippen molar-refractivity contribution in [1.82, 2.24) is 10.3 Å². The number of carbonyl (C=O) groups excluding carboxylic acids is 2. The number of esters is 1. The first-order valence-corrected chi connectivity index (χ1v) is 14.5. The fourth-order valence-electron chi connectivity index (χ4n) is 4.36. The number of hydrogen-bond acceptors (Lipinski definition) is 8. The smallest absolute Gasteiger partial charge is 0.407 e. The highest BCUT2D eigenvalue weighted by atomic mass is 32.2. The van der Waals surface area contributed by atoms with Crippen LogP contribution in [0.5, 0.6) is 0 Å². The summed E-state index contributed by atoms with van der Waals surface area (Å²) in [6, 6.07) is 4.85. The van der Waals surface area contributed by atoms with E-state index in [4.69, 9.17) is 9.47 Å². The number of nitrogens with zero attached hydrogens (tertiary/aromatic N) is 1. The molecular weight excluding hydrogens is 488 g/mol. The summed E-state index contributed by atoms with van der Waals surface area (Å²) in [5, 5.41) is 3.51. The fourth-order valence-corrected chi connectivity index (χ4v) is 7.44. The zero-order chi connectivity index (χ0) is 25.2. The van der Waals surface area contributed by atoms with Gasteiger partial charge in [-0.05, 0) is 71.4 Å². The Bertz CT molecular complexity index is 1180. The van der Waals surface area contributed by atoms with Crippen molar-refractivity contribution < 1.29 is 27.5 Å². The van der Waals surface area contributed by atoms with Crippen LogP contribution in [-0.4, -0.2) is 49.5 Å². The minimum absolute atomic E-state index is 0.0858. The van der Waals surface area contributed by atoms with Gasteiger partial charge in [-0.1, -0.05) is 6.07 Å². The lowest BCUT2D eigenvalue weighted by atomic mass is 9.86. The van der Waals surface area contributed by atoms with Crippen LogP contribution in [-0.2, 0) is 19.3 Å². The van der Waals surface area contributed by atoms with Crippen LogP contribution in [0.15, 0.2) is 29.3 Å². The summed E-state index contributed by atoms with van der Waals surface area (Å²) in [4.78, 5) is 29.7. The molecule has 1 amide bonds. The second-order valence-electron chi connectivity index (χ2n) is 9.39. The number of ether oxygens (including phenoxy) is 2. The van der Waals surface area contributed by atoms with E-state index >= 15 is 0 Å². The Morgan fingerprint density at radius 1 is 1.14 bits per heavy atom. The number of hydrogen-bond donors (Lipinski definition) is 1. The Balaban J connectivity index is 1.51. The molecule has 0 saturated heterocycles. The molecule has 190 valence electrons. The predicted octanol–water partition coefficient (Wildman–Crippen LogP) is 5.08. The third kappa shape index (κ3) is 6.03. The van der Waals surface area contributed by atoms with Crippen LogP contribution in [0.1, 0.15) is 80.6 Å². The fraction of sp³-hybridized carbons (Fsp3) is 0.560. The third-order valence-electron chi connectivity index (χ3n) is 6.29. The number of benzene rings is 1. The zero-order valence-corrected chi connectivity index (χ0v) is 21.9. The molecule has 0 spiro atoms. The maximum absolute atomic E-state index is 13.2. The number of aromatic nitrogens is 1. The van der Waals surface area contributed by atoms with Gasteiger partial charge < -0.3 is 14.8 Å². The van der Waals surface area contributed by atoms with Crippen LogP contribution >= 0.6 is 11.3 Å². The van der Waals surface area contributed by atoms with E-state index < -0.39 is 21.1 Å². The minimum atomic E-state index is -3.54. The molecular formula is C25H32N2O6S2. The molecule has 0 unspecified atom stereocenters. The lowest BCUT2D eigenvalue weighted by Crippen LogP contribution is -2.38. The van der Waals surface area contributed by atoms with Crippen molar-refractivity contribution in [3.63, 3.8) is 0 Å². The van der Waals surface area contributed by atoms with Crippen molar-refractivity contribution in [3.05, 3.63) is 35.0 Å². The van der Waals surface area contributed by atoms with E-state index in [1.165, 1.54) is 17.4 Å². The predicted molar refractivity (Wildman–Crippen MR) is 133 cm³/mol. The molecule has 2 aromatic rings. The van der Waals surface area contributed by atoms with Crippen LogP contribution in [0.25, 0.3) is 10.4 Å². The zero-order valence-electron chi connectivity index (χ0n) is 20.3. The molecule has 0 bridgehead atoms. The van der Waals surface area contributed by atoms with Crippen LogP contribution in [0, 0.1) is 0 Å². The number of nitrogens with one attached hydrogen (secondary N) is 1. The quantitative estimate of drug-likeness (QED) is 0.483. The van der Waals surface area contributed by atoms with Gasteiger partial charge in [0.25, 0.3) is 0 Å². The Morgan fingerprint density at radius 3 is 2.49 bits per heavy atom. The van der Waals surface area contributed by atoms with Gasteiger partial charge in [0.2, 0.25) is 0 Å². The van der Waals surface area contributed by atoms with Crippen molar-refractivity contribution >= 4 is 33.2 Å². The summed E-state index contributed by atoms with van der Waals surface area (Å²) >= 11 is 1.50. The molecule has 1 heterocycles. The van der Waals surface area contributed by atoms with E-state index in [9.17, 15) is 18.0 Å². The number of sulfone groups is 1. The van der Waals surface area contributed by atoms with Gasteiger partial charge in [0, 0.05) is 23.7 Å². The van der Waals surface area contributed by atoms with Gasteiger partial charge in [-0.25, -0.2) is 23.0 Å². The Hall–Kier alpha value is -2.46. The van der Waals surface area contributed by atoms with Crippen molar-refractivity contribution in [3.8, 4) is 10.4 Å². The van der Waals surface area contributed by atoms with E-state index in [-0.39, 0.29) is 41.2 Å². The van der Waals surface area contributed by atoms with Gasteiger partial charge in [-0.3, -0.25) is 0 Å². The molecule has 2 aliphatic rings. The molecule has 0 radical (unpaired) electrons. The number of amides is 1. The summed E-state index contributed by atoms with van der Waals surface area (Å²) in [7, 11) is -3.54. The van der Waals surface area contributed by atoms with Gasteiger partial charge in [0.05, 0.1) is 38.3 Å². The molecule has 1 N–H and O–H groups in total. The highest BCUT2D eigenvalue weighted by Gasteiger charge is 2.39. The van der Waals surface area contributed by atoms with Gasteiger partial charge >= 0.3 is 12.1 Å². The van der Waals surface area contributed by atoms with E-state index in [1.54, 1.807) is 25.3 Å². The first-order chi connectivity index (χ1) is 16.7. The molecule has 2 aliphatic carbocycles.